The van der Waals surface area contributed by atoms with Crippen molar-refractivity contribution in [2.45, 2.75) is 33.2 Å². The third kappa shape index (κ3) is 5.29. The normalized spacial score (nSPS) is 12.1. The molecule has 0 aliphatic heterocycles. The summed E-state index contributed by atoms with van der Waals surface area (Å²) in [6.07, 6.45) is 0.778. The maximum atomic E-state index is 12.8. The maximum Gasteiger partial charge on any atom is 0.333 e. The molecule has 6 heteroatoms. The molecule has 0 saturated carbocycles. The molecule has 1 N–H and O–H groups in total. The summed E-state index contributed by atoms with van der Waals surface area (Å²) in [7, 11) is 0. The lowest BCUT2D eigenvalue weighted by Gasteiger charge is -2.23. The Morgan fingerprint density at radius 2 is 1.73 bits per heavy atom. The molecule has 0 amide bonds. The van der Waals surface area contributed by atoms with E-state index in [1.54, 1.807) is 12.1 Å². The third-order valence-electron chi connectivity index (χ3n) is 3.99. The van der Waals surface area contributed by atoms with Gasteiger partial charge in [-0.1, -0.05) is 66.8 Å². The van der Waals surface area contributed by atoms with Gasteiger partial charge in [-0.15, -0.1) is 0 Å². The van der Waals surface area contributed by atoms with E-state index in [1.165, 1.54) is 0 Å². The van der Waals surface area contributed by atoms with E-state index in [2.05, 4.69) is 19.2 Å². The molecule has 0 aliphatic carbocycles. The van der Waals surface area contributed by atoms with Crippen LogP contribution in [0.4, 0.5) is 5.69 Å². The van der Waals surface area contributed by atoms with Crippen molar-refractivity contribution in [3.63, 3.8) is 0 Å². The molecule has 0 fully saturated rings. The van der Waals surface area contributed by atoms with Crippen LogP contribution in [0.1, 0.15) is 37.4 Å². The Morgan fingerprint density at radius 1 is 1.08 bits per heavy atom. The quantitative estimate of drug-likeness (QED) is 0.405. The lowest BCUT2D eigenvalue weighted by Crippen LogP contribution is -2.25. The van der Waals surface area contributed by atoms with Gasteiger partial charge in [0, 0.05) is 16.3 Å². The average molecular weight is 415 g/mol. The van der Waals surface area contributed by atoms with Crippen LogP contribution in [-0.2, 0) is 9.53 Å². The van der Waals surface area contributed by atoms with Crippen LogP contribution in [-0.4, -0.2) is 12.6 Å². The standard InChI is InChI=1S/C20H22Cl3NO2/c1-12(2)10-11-26-20(25)19(24-16-7-5-4-6-13(16)3)17-14(21)8-9-15(22)18(17)23/h4-9,12,19,24H,10-11H2,1-3H3. The number of esters is 1. The van der Waals surface area contributed by atoms with Crippen molar-refractivity contribution < 1.29 is 9.53 Å². The molecule has 1 atom stereocenters. The predicted octanol–water partition coefficient (Wildman–Crippen LogP) is 6.70. The molecule has 140 valence electrons. The number of halogens is 3. The van der Waals surface area contributed by atoms with E-state index in [-0.39, 0.29) is 5.02 Å². The van der Waals surface area contributed by atoms with E-state index in [1.807, 2.05) is 31.2 Å². The average Bonchev–Trinajstić information content (AvgIpc) is 2.59. The summed E-state index contributed by atoms with van der Waals surface area (Å²) < 4.78 is 5.47. The second kappa shape index (κ2) is 9.50. The van der Waals surface area contributed by atoms with E-state index in [0.717, 1.165) is 17.7 Å². The molecular weight excluding hydrogens is 393 g/mol. The first-order valence-corrected chi connectivity index (χ1v) is 9.56. The van der Waals surface area contributed by atoms with Crippen LogP contribution < -0.4 is 5.32 Å². The zero-order chi connectivity index (χ0) is 19.3. The molecule has 2 aromatic rings. The Hall–Kier alpha value is -1.42. The lowest BCUT2D eigenvalue weighted by molar-refractivity contribution is -0.145. The van der Waals surface area contributed by atoms with Crippen molar-refractivity contribution in [2.75, 3.05) is 11.9 Å². The van der Waals surface area contributed by atoms with Gasteiger partial charge in [-0.05, 0) is 43.0 Å². The summed E-state index contributed by atoms with van der Waals surface area (Å²) in [6.45, 7) is 6.42. The molecule has 0 aromatic heterocycles. The van der Waals surface area contributed by atoms with Crippen molar-refractivity contribution in [2.24, 2.45) is 5.92 Å². The number of hydrogen-bond acceptors (Lipinski definition) is 3. The second-order valence-corrected chi connectivity index (χ2v) is 7.69. The maximum absolute atomic E-state index is 12.8. The minimum atomic E-state index is -0.859. The summed E-state index contributed by atoms with van der Waals surface area (Å²) in [4.78, 5) is 12.8. The number of aryl methyl sites for hydroxylation is 1. The number of anilines is 1. The van der Waals surface area contributed by atoms with Crippen LogP contribution in [0.2, 0.25) is 15.1 Å². The number of carbonyl (C=O) groups is 1. The van der Waals surface area contributed by atoms with Crippen molar-refractivity contribution in [3.8, 4) is 0 Å². The number of rotatable bonds is 7. The molecule has 0 bridgehead atoms. The highest BCUT2D eigenvalue weighted by atomic mass is 35.5. The number of ether oxygens (including phenoxy) is 1. The minimum absolute atomic E-state index is 0.242. The van der Waals surface area contributed by atoms with Crippen LogP contribution >= 0.6 is 34.8 Å². The Labute approximate surface area is 169 Å². The van der Waals surface area contributed by atoms with Crippen LogP contribution in [0.15, 0.2) is 36.4 Å². The summed E-state index contributed by atoms with van der Waals surface area (Å²) in [6, 6.07) is 10.0. The fourth-order valence-corrected chi connectivity index (χ4v) is 3.18. The zero-order valence-corrected chi connectivity index (χ0v) is 17.3. The Morgan fingerprint density at radius 3 is 2.38 bits per heavy atom. The van der Waals surface area contributed by atoms with Gasteiger partial charge >= 0.3 is 5.97 Å². The number of carbonyl (C=O) groups excluding carboxylic acids is 1. The molecule has 0 saturated heterocycles. The van der Waals surface area contributed by atoms with Crippen LogP contribution in [0.3, 0.4) is 0 Å². The van der Waals surface area contributed by atoms with Gasteiger partial charge in [-0.2, -0.15) is 0 Å². The molecule has 1 unspecified atom stereocenters. The largest absolute Gasteiger partial charge is 0.464 e. The molecule has 3 nitrogen and oxygen atoms in total. The smallest absolute Gasteiger partial charge is 0.333 e. The first-order valence-electron chi connectivity index (χ1n) is 8.43. The van der Waals surface area contributed by atoms with Gasteiger partial charge in [0.1, 0.15) is 0 Å². The fourth-order valence-electron chi connectivity index (χ4n) is 2.43. The molecule has 2 aromatic carbocycles. The van der Waals surface area contributed by atoms with Crippen molar-refractivity contribution in [1.29, 1.82) is 0 Å². The Kier molecular flexibility index (Phi) is 7.63. The van der Waals surface area contributed by atoms with Crippen molar-refractivity contribution >= 4 is 46.5 Å². The highest BCUT2D eigenvalue weighted by Crippen LogP contribution is 2.38. The van der Waals surface area contributed by atoms with Crippen LogP contribution in [0.25, 0.3) is 0 Å². The second-order valence-electron chi connectivity index (χ2n) is 6.50. The third-order valence-corrected chi connectivity index (χ3v) is 5.14. The van der Waals surface area contributed by atoms with Crippen LogP contribution in [0, 0.1) is 12.8 Å². The van der Waals surface area contributed by atoms with Crippen molar-refractivity contribution in [1.82, 2.24) is 0 Å². The summed E-state index contributed by atoms with van der Waals surface area (Å²) in [5.74, 6) is -0.0103. The molecule has 0 aliphatic rings. The Balaban J connectivity index is 2.37. The topological polar surface area (TPSA) is 38.3 Å². The van der Waals surface area contributed by atoms with E-state index < -0.39 is 12.0 Å². The zero-order valence-electron chi connectivity index (χ0n) is 15.0. The molecule has 0 heterocycles. The molecule has 2 rings (SSSR count). The van der Waals surface area contributed by atoms with E-state index in [0.29, 0.717) is 28.1 Å². The monoisotopic (exact) mass is 413 g/mol. The van der Waals surface area contributed by atoms with Gasteiger partial charge in [-0.3, -0.25) is 0 Å². The summed E-state index contributed by atoms with van der Waals surface area (Å²) in [5, 5.41) is 4.13. The molecule has 26 heavy (non-hydrogen) atoms. The fraction of sp³-hybridized carbons (Fsp3) is 0.350. The number of hydrogen-bond donors (Lipinski definition) is 1. The van der Waals surface area contributed by atoms with Crippen LogP contribution in [0.5, 0.6) is 0 Å². The first kappa shape index (κ1) is 20.9. The highest BCUT2D eigenvalue weighted by molar-refractivity contribution is 6.44. The van der Waals surface area contributed by atoms with Gasteiger partial charge in [-0.25, -0.2) is 4.79 Å². The number of para-hydroxylation sites is 1. The first-order chi connectivity index (χ1) is 12.3. The molecular formula is C20H22Cl3NO2. The highest BCUT2D eigenvalue weighted by Gasteiger charge is 2.28. The van der Waals surface area contributed by atoms with Crippen molar-refractivity contribution in [3.05, 3.63) is 62.6 Å². The number of nitrogens with one attached hydrogen (secondary N) is 1. The molecule has 0 radical (unpaired) electrons. The van der Waals surface area contributed by atoms with Gasteiger partial charge in [0.2, 0.25) is 0 Å². The van der Waals surface area contributed by atoms with E-state index in [9.17, 15) is 4.79 Å². The lowest BCUT2D eigenvalue weighted by atomic mass is 10.0. The van der Waals surface area contributed by atoms with Gasteiger partial charge < -0.3 is 10.1 Å². The van der Waals surface area contributed by atoms with Gasteiger partial charge in [0.15, 0.2) is 6.04 Å². The number of benzene rings is 2. The minimum Gasteiger partial charge on any atom is -0.464 e. The predicted molar refractivity (Wildman–Crippen MR) is 109 cm³/mol. The van der Waals surface area contributed by atoms with Gasteiger partial charge in [0.05, 0.1) is 16.7 Å². The van der Waals surface area contributed by atoms with Gasteiger partial charge in [0.25, 0.3) is 0 Å². The Bertz CT molecular complexity index is 778. The SMILES string of the molecule is Cc1ccccc1NC(C(=O)OCCC(C)C)c1c(Cl)ccc(Cl)c1Cl. The van der Waals surface area contributed by atoms with E-state index in [4.69, 9.17) is 39.5 Å². The molecule has 0 spiro atoms. The summed E-state index contributed by atoms with van der Waals surface area (Å²) in [5.41, 5.74) is 2.20. The van der Waals surface area contributed by atoms with E-state index >= 15 is 0 Å². The summed E-state index contributed by atoms with van der Waals surface area (Å²) >= 11 is 18.8.